The van der Waals surface area contributed by atoms with E-state index in [4.69, 9.17) is 16.3 Å². The maximum absolute atomic E-state index is 13.6. The molecule has 0 unspecified atom stereocenters. The molecular weight excluding hydrogens is 550 g/mol. The Bertz CT molecular complexity index is 1960. The van der Waals surface area contributed by atoms with Gasteiger partial charge in [-0.25, -0.2) is 9.78 Å². The van der Waals surface area contributed by atoms with E-state index in [0.717, 1.165) is 18.4 Å². The van der Waals surface area contributed by atoms with Crippen LogP contribution >= 0.6 is 22.9 Å². The third-order valence-electron chi connectivity index (χ3n) is 6.98. The van der Waals surface area contributed by atoms with E-state index in [9.17, 15) is 20.0 Å². The van der Waals surface area contributed by atoms with Gasteiger partial charge < -0.3 is 9.84 Å². The minimum absolute atomic E-state index is 0.142. The Kier molecular flexibility index (Phi) is 6.49. The summed E-state index contributed by atoms with van der Waals surface area (Å²) in [6.07, 6.45) is 3.51. The number of pyridine rings is 2. The second-order valence-electron chi connectivity index (χ2n) is 9.71. The van der Waals surface area contributed by atoms with Crippen molar-refractivity contribution in [2.75, 3.05) is 6.61 Å². The van der Waals surface area contributed by atoms with Crippen LogP contribution < -0.4 is 10.3 Å². The molecular formula is C29H22ClN5O4S. The smallest absolute Gasteiger partial charge is 0.338 e. The molecule has 4 heterocycles. The summed E-state index contributed by atoms with van der Waals surface area (Å²) in [7, 11) is 0. The van der Waals surface area contributed by atoms with Gasteiger partial charge in [-0.05, 0) is 51.0 Å². The number of hydrogen-bond acceptors (Lipinski definition) is 8. The van der Waals surface area contributed by atoms with Crippen LogP contribution in [0.5, 0.6) is 5.75 Å². The quantitative estimate of drug-likeness (QED) is 0.257. The molecule has 0 saturated heterocycles. The zero-order chi connectivity index (χ0) is 28.1. The van der Waals surface area contributed by atoms with Crippen molar-refractivity contribution < 1.29 is 14.6 Å². The van der Waals surface area contributed by atoms with Gasteiger partial charge in [0.15, 0.2) is 0 Å². The Hall–Kier alpha value is -4.33. The molecule has 4 aromatic heterocycles. The third kappa shape index (κ3) is 4.47. The molecule has 1 N–H and O–H groups in total. The largest absolute Gasteiger partial charge is 0.491 e. The summed E-state index contributed by atoms with van der Waals surface area (Å²) >= 11 is 7.66. The predicted molar refractivity (Wildman–Crippen MR) is 152 cm³/mol. The molecule has 5 aromatic rings. The van der Waals surface area contributed by atoms with Gasteiger partial charge in [0.25, 0.3) is 5.56 Å². The molecule has 0 aliphatic heterocycles. The molecule has 1 aromatic carbocycles. The molecule has 9 nitrogen and oxygen atoms in total. The van der Waals surface area contributed by atoms with Gasteiger partial charge >= 0.3 is 5.97 Å². The molecule has 1 aliphatic carbocycles. The van der Waals surface area contributed by atoms with Crippen LogP contribution in [0.2, 0.25) is 5.02 Å². The summed E-state index contributed by atoms with van der Waals surface area (Å²) in [5.41, 5.74) is 3.76. The highest BCUT2D eigenvalue weighted by Crippen LogP contribution is 2.42. The number of fused-ring (bicyclic) bond motifs is 2. The van der Waals surface area contributed by atoms with Crippen LogP contribution in [0.4, 0.5) is 0 Å². The monoisotopic (exact) mass is 571 g/mol. The molecule has 0 atom stereocenters. The Labute approximate surface area is 237 Å². The number of carboxylic acids is 1. The van der Waals surface area contributed by atoms with E-state index in [1.165, 1.54) is 15.9 Å². The minimum atomic E-state index is -1.04. The fourth-order valence-electron chi connectivity index (χ4n) is 4.95. The van der Waals surface area contributed by atoms with Crippen molar-refractivity contribution in [1.29, 1.82) is 5.26 Å². The molecule has 0 spiro atoms. The van der Waals surface area contributed by atoms with Crippen molar-refractivity contribution in [2.24, 2.45) is 0 Å². The van der Waals surface area contributed by atoms with Gasteiger partial charge in [-0.3, -0.25) is 19.3 Å². The van der Waals surface area contributed by atoms with Gasteiger partial charge in [0.1, 0.15) is 24.3 Å². The minimum Gasteiger partial charge on any atom is -0.491 e. The predicted octanol–water partition coefficient (Wildman–Crippen LogP) is 5.86. The molecule has 0 radical (unpaired) electrons. The summed E-state index contributed by atoms with van der Waals surface area (Å²) < 4.78 is 8.42. The molecule has 1 saturated carbocycles. The highest BCUT2D eigenvalue weighted by molar-refractivity contribution is 7.18. The first-order valence-electron chi connectivity index (χ1n) is 12.6. The summed E-state index contributed by atoms with van der Waals surface area (Å²) in [4.78, 5) is 38.7. The first-order chi connectivity index (χ1) is 19.3. The van der Waals surface area contributed by atoms with E-state index in [-0.39, 0.29) is 30.2 Å². The topological polar surface area (TPSA) is 131 Å². The van der Waals surface area contributed by atoms with Crippen LogP contribution in [0, 0.1) is 25.2 Å². The first kappa shape index (κ1) is 25.9. The van der Waals surface area contributed by atoms with Gasteiger partial charge in [0.2, 0.25) is 0 Å². The Morgan fingerprint density at radius 2 is 2.05 bits per heavy atom. The SMILES string of the molecule is Cc1cc(-c2cc(Cl)ccc2OCCn2c(C)nc3cnc(C4CC4)c(C#N)c3c2=O)c2scc(C(=O)O)c2n1. The van der Waals surface area contributed by atoms with Gasteiger partial charge in [-0.15, -0.1) is 11.3 Å². The van der Waals surface area contributed by atoms with Crippen LogP contribution in [-0.2, 0) is 6.54 Å². The number of nitriles is 1. The van der Waals surface area contributed by atoms with Crippen molar-refractivity contribution in [3.63, 3.8) is 0 Å². The van der Waals surface area contributed by atoms with Crippen molar-refractivity contribution >= 4 is 50.0 Å². The number of carbonyl (C=O) groups is 1. The van der Waals surface area contributed by atoms with E-state index >= 15 is 0 Å². The van der Waals surface area contributed by atoms with Crippen molar-refractivity contribution in [3.05, 3.63) is 79.6 Å². The van der Waals surface area contributed by atoms with Crippen LogP contribution in [0.25, 0.3) is 32.2 Å². The lowest BCUT2D eigenvalue weighted by atomic mass is 10.0. The molecule has 200 valence electrons. The second kappa shape index (κ2) is 10.0. The molecule has 40 heavy (non-hydrogen) atoms. The lowest BCUT2D eigenvalue weighted by Gasteiger charge is -2.16. The van der Waals surface area contributed by atoms with E-state index in [1.54, 1.807) is 43.6 Å². The average molecular weight is 572 g/mol. The zero-order valence-electron chi connectivity index (χ0n) is 21.6. The number of benzene rings is 1. The van der Waals surface area contributed by atoms with Crippen molar-refractivity contribution in [3.8, 4) is 22.9 Å². The number of carboxylic acid groups (broad SMARTS) is 1. The molecule has 1 fully saturated rings. The number of thiophene rings is 1. The van der Waals surface area contributed by atoms with Crippen LogP contribution in [0.3, 0.4) is 0 Å². The van der Waals surface area contributed by atoms with E-state index in [2.05, 4.69) is 21.0 Å². The number of aryl methyl sites for hydroxylation is 2. The lowest BCUT2D eigenvalue weighted by molar-refractivity contribution is 0.0699. The Morgan fingerprint density at radius 3 is 2.77 bits per heavy atom. The highest BCUT2D eigenvalue weighted by Gasteiger charge is 2.30. The normalized spacial score (nSPS) is 13.1. The van der Waals surface area contributed by atoms with Crippen LogP contribution in [-0.4, -0.2) is 37.2 Å². The van der Waals surface area contributed by atoms with Crippen LogP contribution in [0.1, 0.15) is 51.9 Å². The highest BCUT2D eigenvalue weighted by atomic mass is 35.5. The van der Waals surface area contributed by atoms with Crippen molar-refractivity contribution in [2.45, 2.75) is 39.2 Å². The number of ether oxygens (including phenoxy) is 1. The zero-order valence-corrected chi connectivity index (χ0v) is 23.1. The van der Waals surface area contributed by atoms with E-state index < -0.39 is 5.97 Å². The maximum Gasteiger partial charge on any atom is 0.338 e. The number of nitrogens with zero attached hydrogens (tertiary/aromatic N) is 5. The maximum atomic E-state index is 13.6. The number of hydrogen-bond donors (Lipinski definition) is 1. The Balaban J connectivity index is 1.35. The number of aromatic carboxylic acids is 1. The van der Waals surface area contributed by atoms with Crippen LogP contribution in [0.15, 0.2) is 40.6 Å². The van der Waals surface area contributed by atoms with Crippen molar-refractivity contribution in [1.82, 2.24) is 19.5 Å². The lowest BCUT2D eigenvalue weighted by Crippen LogP contribution is -2.27. The molecule has 11 heteroatoms. The Morgan fingerprint density at radius 1 is 1.25 bits per heavy atom. The third-order valence-corrected chi connectivity index (χ3v) is 8.22. The molecule has 0 amide bonds. The van der Waals surface area contributed by atoms with Gasteiger partial charge in [-0.1, -0.05) is 11.6 Å². The summed E-state index contributed by atoms with van der Waals surface area (Å²) in [5.74, 6) is 0.202. The van der Waals surface area contributed by atoms with Gasteiger partial charge in [-0.2, -0.15) is 5.26 Å². The number of rotatable bonds is 7. The summed E-state index contributed by atoms with van der Waals surface area (Å²) in [5, 5.41) is 21.8. The van der Waals surface area contributed by atoms with E-state index in [1.807, 2.05) is 6.07 Å². The molecule has 0 bridgehead atoms. The number of aromatic nitrogens is 4. The fraction of sp³-hybridized carbons (Fsp3) is 0.241. The standard InChI is InChI=1S/C29H22ClN5O4S/c1-14-9-19(27-26(33-14)21(13-40-27)29(37)38)18-10-17(30)5-6-23(18)39-8-7-35-15(2)34-22-12-32-25(16-3-4-16)20(11-31)24(22)28(35)36/h5-6,9-10,12-13,16H,3-4,7-8H2,1-2H3,(H,37,38). The summed E-state index contributed by atoms with van der Waals surface area (Å²) in [6.45, 7) is 3.89. The average Bonchev–Trinajstić information content (AvgIpc) is 3.68. The first-order valence-corrected chi connectivity index (χ1v) is 13.9. The molecule has 6 rings (SSSR count). The summed E-state index contributed by atoms with van der Waals surface area (Å²) in [6, 6.07) is 9.29. The van der Waals surface area contributed by atoms with Gasteiger partial charge in [0, 0.05) is 33.1 Å². The number of halogens is 1. The fourth-order valence-corrected chi connectivity index (χ4v) is 6.13. The molecule has 1 aliphatic rings. The van der Waals surface area contributed by atoms with Gasteiger partial charge in [0.05, 0.1) is 50.7 Å². The second-order valence-corrected chi connectivity index (χ2v) is 11.0. The van der Waals surface area contributed by atoms with E-state index in [0.29, 0.717) is 60.2 Å².